The number of oxime groups is 2. The number of sulfone groups is 2. The Labute approximate surface area is 320 Å². The van der Waals surface area contributed by atoms with Crippen LogP contribution in [0.15, 0.2) is 19.4 Å². The molecule has 49 heavy (non-hydrogen) atoms. The third kappa shape index (κ3) is 10.2. The molecule has 2 aromatic rings. The summed E-state index contributed by atoms with van der Waals surface area (Å²) in [7, 11) is -7.27. The largest absolute Gasteiger partial charge is 0.389 e. The predicted molar refractivity (Wildman–Crippen MR) is 192 cm³/mol. The Kier molecular flexibility index (Phi) is 12.2. The SMILES string of the molecule is Cc1onc(C2CC2)c1C(Cl)S(=O)(=O)C1=NOC(C)(C)C1.Cc1onc(C2CC2)c1CS(=O)(=O)C1=NOC(C)(C)C1.ClC(Cl)(Cl)C(Cl)(Cl)Cl. The topological polar surface area (TPSA) is 164 Å². The Bertz CT molecular complexity index is 1810. The molecule has 2 aliphatic carbocycles. The Morgan fingerprint density at radius 3 is 1.59 bits per heavy atom. The van der Waals surface area contributed by atoms with Crippen LogP contribution in [-0.4, -0.2) is 56.0 Å². The van der Waals surface area contributed by atoms with Gasteiger partial charge in [-0.15, -0.1) is 0 Å². The standard InChI is InChI=1S/C13H17ClN2O4S.C13H18N2O4S.C2Cl6/c1-7-10(11(16-19-7)8-4-5-8)12(14)21(17,18)9-6-13(2,3)20-15-9;1-8-10(12(15-18-8)9-4-5-9)7-20(16,17)11-6-13(2,3)19-14-11;3-1(4,5)2(6,7)8/h8,12H,4-6H2,1-3H3;9H,4-7H2,1-3H3;. The summed E-state index contributed by atoms with van der Waals surface area (Å²) in [5, 5.41) is 15.5. The van der Waals surface area contributed by atoms with Crippen LogP contribution in [0.2, 0.25) is 0 Å². The molecule has 2 aliphatic heterocycles. The highest BCUT2D eigenvalue weighted by Crippen LogP contribution is 2.49. The van der Waals surface area contributed by atoms with Crippen molar-refractivity contribution in [3.63, 3.8) is 0 Å². The third-order valence-electron chi connectivity index (χ3n) is 7.67. The lowest BCUT2D eigenvalue weighted by Crippen LogP contribution is -2.24. The average molecular weight is 868 g/mol. The van der Waals surface area contributed by atoms with Gasteiger partial charge < -0.3 is 18.7 Å². The maximum atomic E-state index is 12.7. The van der Waals surface area contributed by atoms with Crippen LogP contribution in [-0.2, 0) is 35.1 Å². The summed E-state index contributed by atoms with van der Waals surface area (Å²) in [6, 6.07) is 0. The van der Waals surface area contributed by atoms with E-state index in [0.717, 1.165) is 31.4 Å². The van der Waals surface area contributed by atoms with Gasteiger partial charge in [-0.25, -0.2) is 16.8 Å². The second-order valence-electron chi connectivity index (χ2n) is 13.3. The lowest BCUT2D eigenvalue weighted by atomic mass is 10.1. The molecule has 2 aromatic heterocycles. The Balaban J connectivity index is 0.000000182. The third-order valence-corrected chi connectivity index (χ3v) is 14.4. The molecule has 2 saturated carbocycles. The first-order valence-electron chi connectivity index (χ1n) is 14.9. The van der Waals surface area contributed by atoms with Gasteiger partial charge in [0.05, 0.1) is 22.7 Å². The monoisotopic (exact) mass is 864 g/mol. The average Bonchev–Trinajstić information content (AvgIpc) is 3.85. The highest BCUT2D eigenvalue weighted by molar-refractivity contribution is 8.07. The van der Waals surface area contributed by atoms with Gasteiger partial charge in [0.2, 0.25) is 17.4 Å². The van der Waals surface area contributed by atoms with E-state index < -0.39 is 43.2 Å². The molecule has 276 valence electrons. The molecule has 21 heteroatoms. The number of aryl methyl sites for hydroxylation is 2. The van der Waals surface area contributed by atoms with Crippen molar-refractivity contribution in [1.29, 1.82) is 0 Å². The smallest absolute Gasteiger partial charge is 0.236 e. The quantitative estimate of drug-likeness (QED) is 0.256. The minimum atomic E-state index is -3.79. The van der Waals surface area contributed by atoms with Gasteiger partial charge in [0.1, 0.15) is 22.7 Å². The normalized spacial score (nSPS) is 20.9. The summed E-state index contributed by atoms with van der Waals surface area (Å²) in [6.45, 7) is 10.6. The highest BCUT2D eigenvalue weighted by atomic mass is 35.6. The molecule has 1 unspecified atom stereocenters. The van der Waals surface area contributed by atoms with E-state index in [1.165, 1.54) is 0 Å². The van der Waals surface area contributed by atoms with Crippen molar-refractivity contribution in [1.82, 2.24) is 10.3 Å². The maximum Gasteiger partial charge on any atom is 0.236 e. The first-order valence-corrected chi connectivity index (χ1v) is 20.8. The van der Waals surface area contributed by atoms with E-state index in [1.807, 2.05) is 13.8 Å². The van der Waals surface area contributed by atoms with Gasteiger partial charge in [-0.05, 0) is 67.2 Å². The molecule has 0 bridgehead atoms. The molecule has 6 rings (SSSR count). The Hall–Kier alpha value is -0.710. The minimum absolute atomic E-state index is 0.0187. The van der Waals surface area contributed by atoms with Gasteiger partial charge in [-0.2, -0.15) is 0 Å². The van der Waals surface area contributed by atoms with Crippen LogP contribution in [0.5, 0.6) is 0 Å². The molecule has 2 fully saturated rings. The van der Waals surface area contributed by atoms with Gasteiger partial charge in [0.15, 0.2) is 24.6 Å². The molecule has 0 saturated heterocycles. The highest BCUT2D eigenvalue weighted by Gasteiger charge is 2.45. The predicted octanol–water partition coefficient (Wildman–Crippen LogP) is 9.04. The van der Waals surface area contributed by atoms with Crippen LogP contribution < -0.4 is 0 Å². The van der Waals surface area contributed by atoms with Gasteiger partial charge in [-0.1, -0.05) is 102 Å². The van der Waals surface area contributed by atoms with E-state index in [9.17, 15) is 16.8 Å². The van der Waals surface area contributed by atoms with Crippen LogP contribution in [0.3, 0.4) is 0 Å². The number of nitrogens with zero attached hydrogens (tertiary/aromatic N) is 4. The summed E-state index contributed by atoms with van der Waals surface area (Å²) in [4.78, 5) is 10.3. The zero-order valence-corrected chi connectivity index (χ0v) is 34.1. The molecular formula is C28H35Cl7N4O8S2. The van der Waals surface area contributed by atoms with Crippen LogP contribution >= 0.6 is 81.2 Å². The summed E-state index contributed by atoms with van der Waals surface area (Å²) >= 11 is 37.1. The van der Waals surface area contributed by atoms with Gasteiger partial charge in [0, 0.05) is 30.2 Å². The van der Waals surface area contributed by atoms with Crippen molar-refractivity contribution in [3.8, 4) is 0 Å². The minimum Gasteiger partial charge on any atom is -0.389 e. The van der Waals surface area contributed by atoms with Crippen molar-refractivity contribution in [2.45, 2.75) is 121 Å². The molecule has 1 atom stereocenters. The van der Waals surface area contributed by atoms with Crippen molar-refractivity contribution in [3.05, 3.63) is 34.0 Å². The number of rotatable bonds is 6. The van der Waals surface area contributed by atoms with E-state index in [1.54, 1.807) is 27.7 Å². The molecular weight excluding hydrogens is 833 g/mol. The first-order chi connectivity index (χ1) is 22.3. The molecule has 0 radical (unpaired) electrons. The van der Waals surface area contributed by atoms with Crippen LogP contribution in [0.25, 0.3) is 0 Å². The van der Waals surface area contributed by atoms with Crippen molar-refractivity contribution >= 4 is 111 Å². The fourth-order valence-electron chi connectivity index (χ4n) is 4.66. The maximum absolute atomic E-state index is 12.7. The van der Waals surface area contributed by atoms with Crippen LogP contribution in [0.4, 0.5) is 0 Å². The second kappa shape index (κ2) is 14.6. The fourth-order valence-corrected chi connectivity index (χ4v) is 8.37. The zero-order valence-electron chi connectivity index (χ0n) is 27.2. The molecule has 0 N–H and O–H groups in total. The molecule has 12 nitrogen and oxygen atoms in total. The molecule has 4 heterocycles. The first kappa shape index (κ1) is 41.1. The van der Waals surface area contributed by atoms with E-state index in [4.69, 9.17) is 99.9 Å². The number of alkyl halides is 7. The van der Waals surface area contributed by atoms with Crippen LogP contribution in [0, 0.1) is 13.8 Å². The lowest BCUT2D eigenvalue weighted by molar-refractivity contribution is 0.0120. The van der Waals surface area contributed by atoms with E-state index >= 15 is 0 Å². The molecule has 0 amide bonds. The molecule has 0 spiro atoms. The molecule has 4 aliphatic rings. The second-order valence-corrected chi connectivity index (χ2v) is 22.6. The van der Waals surface area contributed by atoms with Crippen molar-refractivity contribution in [2.24, 2.45) is 10.3 Å². The van der Waals surface area contributed by atoms with Gasteiger partial charge in [-0.3, -0.25) is 0 Å². The van der Waals surface area contributed by atoms with E-state index in [2.05, 4.69) is 20.6 Å². The van der Waals surface area contributed by atoms with Crippen molar-refractivity contribution in [2.75, 3.05) is 0 Å². The van der Waals surface area contributed by atoms with E-state index in [-0.39, 0.29) is 28.2 Å². The molecule has 0 aromatic carbocycles. The summed E-state index contributed by atoms with van der Waals surface area (Å²) in [5.41, 5.74) is 1.44. The van der Waals surface area contributed by atoms with Crippen LogP contribution in [0.1, 0.15) is 117 Å². The summed E-state index contributed by atoms with van der Waals surface area (Å²) in [6.07, 6.45) is 4.59. The number of hydrogen-bond acceptors (Lipinski definition) is 12. The van der Waals surface area contributed by atoms with Crippen molar-refractivity contribution < 1.29 is 35.6 Å². The van der Waals surface area contributed by atoms with Gasteiger partial charge >= 0.3 is 0 Å². The lowest BCUT2D eigenvalue weighted by Gasteiger charge is -2.19. The Morgan fingerprint density at radius 2 is 1.16 bits per heavy atom. The number of aromatic nitrogens is 2. The summed E-state index contributed by atoms with van der Waals surface area (Å²) < 4.78 is 55.6. The summed E-state index contributed by atoms with van der Waals surface area (Å²) in [5.74, 6) is 1.53. The Morgan fingerprint density at radius 1 is 0.735 bits per heavy atom. The van der Waals surface area contributed by atoms with Gasteiger partial charge in [0.25, 0.3) is 0 Å². The zero-order chi connectivity index (χ0) is 37.0. The van der Waals surface area contributed by atoms with E-state index in [0.29, 0.717) is 40.7 Å². The number of halogens is 7. The number of hydrogen-bond donors (Lipinski definition) is 0. The fraction of sp³-hybridized carbons (Fsp3) is 0.714.